The topological polar surface area (TPSA) is 82.7 Å². The van der Waals surface area contributed by atoms with Gasteiger partial charge in [0.2, 0.25) is 5.91 Å². The SMILES string of the molecule is CCOc1ccccc1NC(=O)C(C)N1CCC(NC(=O)Nc2ccccc2)CC1. The van der Waals surface area contributed by atoms with E-state index >= 15 is 0 Å². The van der Waals surface area contributed by atoms with E-state index in [0.29, 0.717) is 18.0 Å². The van der Waals surface area contributed by atoms with Gasteiger partial charge in [-0.3, -0.25) is 9.69 Å². The van der Waals surface area contributed by atoms with Gasteiger partial charge in [0.05, 0.1) is 18.3 Å². The Balaban J connectivity index is 1.46. The van der Waals surface area contributed by atoms with Crippen LogP contribution in [0.15, 0.2) is 54.6 Å². The van der Waals surface area contributed by atoms with Crippen LogP contribution in [0, 0.1) is 0 Å². The minimum atomic E-state index is -0.265. The third-order valence-corrected chi connectivity index (χ3v) is 5.27. The number of likely N-dealkylation sites (tertiary alicyclic amines) is 1. The van der Waals surface area contributed by atoms with Crippen LogP contribution in [-0.4, -0.2) is 48.6 Å². The first-order valence-electron chi connectivity index (χ1n) is 10.5. The lowest BCUT2D eigenvalue weighted by Gasteiger charge is -2.35. The molecule has 1 atom stereocenters. The summed E-state index contributed by atoms with van der Waals surface area (Å²) in [7, 11) is 0. The number of benzene rings is 2. The van der Waals surface area contributed by atoms with E-state index in [1.165, 1.54) is 0 Å². The zero-order chi connectivity index (χ0) is 21.3. The number of anilines is 2. The zero-order valence-corrected chi connectivity index (χ0v) is 17.6. The second-order valence-corrected chi connectivity index (χ2v) is 7.37. The minimum Gasteiger partial charge on any atom is -0.492 e. The van der Waals surface area contributed by atoms with Gasteiger partial charge in [-0.15, -0.1) is 0 Å². The van der Waals surface area contributed by atoms with Crippen molar-refractivity contribution in [2.75, 3.05) is 30.3 Å². The van der Waals surface area contributed by atoms with Crippen molar-refractivity contribution >= 4 is 23.3 Å². The maximum atomic E-state index is 12.7. The normalized spacial score (nSPS) is 15.8. The zero-order valence-electron chi connectivity index (χ0n) is 17.6. The summed E-state index contributed by atoms with van der Waals surface area (Å²) in [6, 6.07) is 16.5. The molecule has 3 N–H and O–H groups in total. The predicted octanol–water partition coefficient (Wildman–Crippen LogP) is 3.70. The number of hydrogen-bond donors (Lipinski definition) is 3. The first-order chi connectivity index (χ1) is 14.6. The summed E-state index contributed by atoms with van der Waals surface area (Å²) in [5.74, 6) is 0.614. The number of rotatable bonds is 7. The third kappa shape index (κ3) is 5.97. The quantitative estimate of drug-likeness (QED) is 0.650. The molecule has 1 saturated heterocycles. The van der Waals surface area contributed by atoms with Crippen LogP contribution in [0.2, 0.25) is 0 Å². The van der Waals surface area contributed by atoms with Crippen molar-refractivity contribution in [2.45, 2.75) is 38.8 Å². The highest BCUT2D eigenvalue weighted by Gasteiger charge is 2.27. The van der Waals surface area contributed by atoms with Gasteiger partial charge in [-0.1, -0.05) is 30.3 Å². The molecule has 1 aliphatic rings. The lowest BCUT2D eigenvalue weighted by Crippen LogP contribution is -2.51. The summed E-state index contributed by atoms with van der Waals surface area (Å²) >= 11 is 0. The van der Waals surface area contributed by atoms with E-state index in [4.69, 9.17) is 4.74 Å². The van der Waals surface area contributed by atoms with E-state index in [1.807, 2.05) is 68.4 Å². The standard InChI is InChI=1S/C23H30N4O3/c1-3-30-21-12-8-7-11-20(21)26-22(28)17(2)27-15-13-19(14-16-27)25-23(29)24-18-9-5-4-6-10-18/h4-12,17,19H,3,13-16H2,1-2H3,(H,26,28)(H2,24,25,29). The van der Waals surface area contributed by atoms with Crippen molar-refractivity contribution in [1.82, 2.24) is 10.2 Å². The summed E-state index contributed by atoms with van der Waals surface area (Å²) in [5, 5.41) is 8.85. The Morgan fingerprint density at radius 2 is 1.70 bits per heavy atom. The molecule has 0 spiro atoms. The number of ether oxygens (including phenoxy) is 1. The molecule has 0 aliphatic carbocycles. The van der Waals surface area contributed by atoms with Crippen LogP contribution in [0.25, 0.3) is 0 Å². The van der Waals surface area contributed by atoms with Gasteiger partial charge in [-0.2, -0.15) is 0 Å². The maximum Gasteiger partial charge on any atom is 0.319 e. The number of urea groups is 1. The minimum absolute atomic E-state index is 0.0598. The maximum absolute atomic E-state index is 12.7. The van der Waals surface area contributed by atoms with Crippen molar-refractivity contribution in [1.29, 1.82) is 0 Å². The molecule has 2 aromatic rings. The summed E-state index contributed by atoms with van der Waals surface area (Å²) in [6.07, 6.45) is 1.60. The number of carbonyl (C=O) groups is 2. The van der Waals surface area contributed by atoms with Crippen molar-refractivity contribution in [3.8, 4) is 5.75 Å². The van der Waals surface area contributed by atoms with Gasteiger partial charge in [0.1, 0.15) is 5.75 Å². The van der Waals surface area contributed by atoms with Crippen LogP contribution >= 0.6 is 0 Å². The Labute approximate surface area is 177 Å². The highest BCUT2D eigenvalue weighted by molar-refractivity contribution is 5.95. The third-order valence-electron chi connectivity index (χ3n) is 5.27. The van der Waals surface area contributed by atoms with E-state index in [-0.39, 0.29) is 24.0 Å². The molecule has 160 valence electrons. The van der Waals surface area contributed by atoms with Crippen LogP contribution in [-0.2, 0) is 4.79 Å². The summed E-state index contributed by atoms with van der Waals surface area (Å²) in [4.78, 5) is 27.1. The number of nitrogens with zero attached hydrogens (tertiary/aromatic N) is 1. The Hall–Kier alpha value is -3.06. The number of hydrogen-bond acceptors (Lipinski definition) is 4. The molecule has 1 unspecified atom stereocenters. The molecule has 2 aromatic carbocycles. The van der Waals surface area contributed by atoms with E-state index in [1.54, 1.807) is 0 Å². The number of amides is 3. The predicted molar refractivity (Wildman–Crippen MR) is 119 cm³/mol. The highest BCUT2D eigenvalue weighted by atomic mass is 16.5. The molecular formula is C23H30N4O3. The van der Waals surface area contributed by atoms with Crippen molar-refractivity contribution in [3.05, 3.63) is 54.6 Å². The molecule has 0 saturated carbocycles. The van der Waals surface area contributed by atoms with Crippen LogP contribution < -0.4 is 20.7 Å². The van der Waals surface area contributed by atoms with Gasteiger partial charge in [-0.25, -0.2) is 4.79 Å². The summed E-state index contributed by atoms with van der Waals surface area (Å²) < 4.78 is 5.58. The molecule has 0 radical (unpaired) electrons. The molecule has 1 fully saturated rings. The van der Waals surface area contributed by atoms with Crippen molar-refractivity contribution in [3.63, 3.8) is 0 Å². The number of carbonyl (C=O) groups excluding carboxylic acids is 2. The molecule has 7 nitrogen and oxygen atoms in total. The fourth-order valence-electron chi connectivity index (χ4n) is 3.56. The van der Waals surface area contributed by atoms with E-state index in [2.05, 4.69) is 20.9 Å². The van der Waals surface area contributed by atoms with Crippen molar-refractivity contribution < 1.29 is 14.3 Å². The van der Waals surface area contributed by atoms with Gasteiger partial charge in [0.25, 0.3) is 0 Å². The molecule has 0 bridgehead atoms. The average molecular weight is 411 g/mol. The summed E-state index contributed by atoms with van der Waals surface area (Å²) in [5.41, 5.74) is 1.45. The monoisotopic (exact) mass is 410 g/mol. The van der Waals surface area contributed by atoms with Crippen LogP contribution in [0.3, 0.4) is 0 Å². The van der Waals surface area contributed by atoms with E-state index in [9.17, 15) is 9.59 Å². The molecule has 0 aromatic heterocycles. The number of nitrogens with one attached hydrogen (secondary N) is 3. The Morgan fingerprint density at radius 3 is 2.40 bits per heavy atom. The number of piperidine rings is 1. The first kappa shape index (κ1) is 21.6. The lowest BCUT2D eigenvalue weighted by molar-refractivity contribution is -0.121. The summed E-state index contributed by atoms with van der Waals surface area (Å²) in [6.45, 7) is 5.87. The fourth-order valence-corrected chi connectivity index (χ4v) is 3.56. The first-order valence-corrected chi connectivity index (χ1v) is 10.5. The molecule has 1 aliphatic heterocycles. The van der Waals surface area contributed by atoms with E-state index < -0.39 is 0 Å². The molecule has 30 heavy (non-hydrogen) atoms. The van der Waals surface area contributed by atoms with Gasteiger partial charge in [0, 0.05) is 24.8 Å². The molecule has 3 rings (SSSR count). The van der Waals surface area contributed by atoms with Gasteiger partial charge in [-0.05, 0) is 51.0 Å². The van der Waals surface area contributed by atoms with Crippen LogP contribution in [0.5, 0.6) is 5.75 Å². The molecule has 1 heterocycles. The molecule has 3 amide bonds. The van der Waals surface area contributed by atoms with Crippen LogP contribution in [0.1, 0.15) is 26.7 Å². The van der Waals surface area contributed by atoms with Gasteiger partial charge >= 0.3 is 6.03 Å². The van der Waals surface area contributed by atoms with Crippen molar-refractivity contribution in [2.24, 2.45) is 0 Å². The fraction of sp³-hybridized carbons (Fsp3) is 0.391. The Morgan fingerprint density at radius 1 is 1.03 bits per heavy atom. The smallest absolute Gasteiger partial charge is 0.319 e. The van der Waals surface area contributed by atoms with Gasteiger partial charge < -0.3 is 20.7 Å². The Bertz CT molecular complexity index is 835. The second-order valence-electron chi connectivity index (χ2n) is 7.37. The highest BCUT2D eigenvalue weighted by Crippen LogP contribution is 2.24. The number of para-hydroxylation sites is 3. The molecule has 7 heteroatoms. The van der Waals surface area contributed by atoms with Gasteiger partial charge in [0.15, 0.2) is 0 Å². The van der Waals surface area contributed by atoms with E-state index in [0.717, 1.165) is 31.6 Å². The lowest BCUT2D eigenvalue weighted by atomic mass is 10.0. The Kier molecular flexibility index (Phi) is 7.68. The largest absolute Gasteiger partial charge is 0.492 e. The molecular weight excluding hydrogens is 380 g/mol. The average Bonchev–Trinajstić information content (AvgIpc) is 2.76. The second kappa shape index (κ2) is 10.6. The van der Waals surface area contributed by atoms with Crippen LogP contribution in [0.4, 0.5) is 16.2 Å².